The molecule has 0 bridgehead atoms. The van der Waals surface area contributed by atoms with Crippen LogP contribution in [0.4, 0.5) is 11.4 Å². The quantitative estimate of drug-likeness (QED) is 0.475. The second kappa shape index (κ2) is 8.64. The molecule has 1 aliphatic heterocycles. The maximum Gasteiger partial charge on any atom is 0.282 e. The zero-order valence-electron chi connectivity index (χ0n) is 18.6. The minimum absolute atomic E-state index is 0.266. The third-order valence-corrected chi connectivity index (χ3v) is 6.16. The second-order valence-electron chi connectivity index (χ2n) is 8.10. The number of nitrogens with one attached hydrogen (secondary N) is 1. The Morgan fingerprint density at radius 1 is 0.812 bits per heavy atom. The smallest absolute Gasteiger partial charge is 0.282 e. The number of anilines is 2. The highest BCUT2D eigenvalue weighted by molar-refractivity contribution is 6.46. The molecule has 0 saturated carbocycles. The van der Waals surface area contributed by atoms with Crippen molar-refractivity contribution in [3.63, 3.8) is 0 Å². The first-order chi connectivity index (χ1) is 15.3. The number of amides is 2. The number of aryl methyl sites for hydroxylation is 4. The number of halogens is 1. The number of carbonyl (C=O) groups is 2. The molecular weight excluding hydrogens is 420 g/mol. The van der Waals surface area contributed by atoms with Crippen LogP contribution in [0, 0.1) is 20.8 Å². The lowest BCUT2D eigenvalue weighted by molar-refractivity contribution is -0.120. The van der Waals surface area contributed by atoms with Gasteiger partial charge in [-0.1, -0.05) is 54.9 Å². The van der Waals surface area contributed by atoms with Gasteiger partial charge in [-0.15, -0.1) is 0 Å². The van der Waals surface area contributed by atoms with E-state index in [1.807, 2.05) is 69.3 Å². The molecule has 3 aromatic carbocycles. The molecule has 0 saturated heterocycles. The predicted molar refractivity (Wildman–Crippen MR) is 131 cm³/mol. The van der Waals surface area contributed by atoms with Gasteiger partial charge in [0.2, 0.25) is 0 Å². The van der Waals surface area contributed by atoms with Crippen molar-refractivity contribution in [3.05, 3.63) is 99.2 Å². The Morgan fingerprint density at radius 3 is 2.16 bits per heavy atom. The molecule has 2 amide bonds. The lowest BCUT2D eigenvalue weighted by Crippen LogP contribution is -2.33. The fourth-order valence-electron chi connectivity index (χ4n) is 3.82. The largest absolute Gasteiger partial charge is 0.350 e. The number of hydrogen-bond donors (Lipinski definition) is 1. The SMILES string of the molecule is CCc1ccc(NC2=C(c3ccc(C)c(C)c3)C(=O)N(c3cc(Cl)ccc3C)C2=O)cc1. The number of rotatable bonds is 5. The highest BCUT2D eigenvalue weighted by Gasteiger charge is 2.41. The van der Waals surface area contributed by atoms with Gasteiger partial charge in [0.15, 0.2) is 0 Å². The van der Waals surface area contributed by atoms with Crippen molar-refractivity contribution in [2.24, 2.45) is 0 Å². The van der Waals surface area contributed by atoms with Crippen molar-refractivity contribution in [3.8, 4) is 0 Å². The molecule has 1 aliphatic rings. The van der Waals surface area contributed by atoms with Gasteiger partial charge in [-0.3, -0.25) is 9.59 Å². The van der Waals surface area contributed by atoms with Crippen LogP contribution < -0.4 is 10.2 Å². The molecule has 0 radical (unpaired) electrons. The summed E-state index contributed by atoms with van der Waals surface area (Å²) in [6.07, 6.45) is 0.927. The van der Waals surface area contributed by atoms with E-state index in [2.05, 4.69) is 12.2 Å². The minimum atomic E-state index is -0.395. The summed E-state index contributed by atoms with van der Waals surface area (Å²) in [5, 5.41) is 3.69. The van der Waals surface area contributed by atoms with E-state index in [0.29, 0.717) is 21.8 Å². The summed E-state index contributed by atoms with van der Waals surface area (Å²) in [7, 11) is 0. The van der Waals surface area contributed by atoms with E-state index >= 15 is 0 Å². The lowest BCUT2D eigenvalue weighted by Gasteiger charge is -2.18. The molecule has 162 valence electrons. The first-order valence-corrected chi connectivity index (χ1v) is 11.0. The third kappa shape index (κ3) is 3.94. The first-order valence-electron chi connectivity index (χ1n) is 10.6. The van der Waals surface area contributed by atoms with E-state index in [-0.39, 0.29) is 11.6 Å². The number of nitrogens with zero attached hydrogens (tertiary/aromatic N) is 1. The van der Waals surface area contributed by atoms with Gasteiger partial charge >= 0.3 is 0 Å². The van der Waals surface area contributed by atoms with E-state index in [9.17, 15) is 9.59 Å². The van der Waals surface area contributed by atoms with Crippen molar-refractivity contribution in [2.45, 2.75) is 34.1 Å². The molecule has 4 nitrogen and oxygen atoms in total. The predicted octanol–water partition coefficient (Wildman–Crippen LogP) is 6.22. The second-order valence-corrected chi connectivity index (χ2v) is 8.54. The van der Waals surface area contributed by atoms with Crippen LogP contribution in [0.5, 0.6) is 0 Å². The van der Waals surface area contributed by atoms with Crippen molar-refractivity contribution in [2.75, 3.05) is 10.2 Å². The number of imide groups is 1. The van der Waals surface area contributed by atoms with Crippen LogP contribution in [0.2, 0.25) is 5.02 Å². The number of benzene rings is 3. The monoisotopic (exact) mass is 444 g/mol. The Balaban J connectivity index is 1.85. The summed E-state index contributed by atoms with van der Waals surface area (Å²) in [4.78, 5) is 28.4. The highest BCUT2D eigenvalue weighted by Crippen LogP contribution is 2.36. The summed E-state index contributed by atoms with van der Waals surface area (Å²) in [5.41, 5.74) is 6.75. The fraction of sp³-hybridized carbons (Fsp3) is 0.185. The molecule has 0 aliphatic carbocycles. The van der Waals surface area contributed by atoms with Crippen LogP contribution in [-0.2, 0) is 16.0 Å². The fourth-order valence-corrected chi connectivity index (χ4v) is 3.99. The Morgan fingerprint density at radius 2 is 1.50 bits per heavy atom. The molecule has 0 unspecified atom stereocenters. The van der Waals surface area contributed by atoms with Gasteiger partial charge in [-0.25, -0.2) is 4.90 Å². The van der Waals surface area contributed by atoms with Gasteiger partial charge in [0.05, 0.1) is 11.3 Å². The molecule has 4 rings (SSSR count). The molecule has 0 aromatic heterocycles. The lowest BCUT2D eigenvalue weighted by atomic mass is 9.99. The molecule has 5 heteroatoms. The molecule has 0 fully saturated rings. The van der Waals surface area contributed by atoms with Crippen molar-refractivity contribution in [1.82, 2.24) is 0 Å². The molecule has 1 heterocycles. The molecule has 0 spiro atoms. The summed E-state index contributed by atoms with van der Waals surface area (Å²) < 4.78 is 0. The van der Waals surface area contributed by atoms with Crippen LogP contribution in [-0.4, -0.2) is 11.8 Å². The zero-order valence-corrected chi connectivity index (χ0v) is 19.4. The summed E-state index contributed by atoms with van der Waals surface area (Å²) in [6, 6.07) is 18.9. The highest BCUT2D eigenvalue weighted by atomic mass is 35.5. The zero-order chi connectivity index (χ0) is 23.0. The summed E-state index contributed by atoms with van der Waals surface area (Å²) in [5.74, 6) is -0.760. The average molecular weight is 445 g/mol. The first kappa shape index (κ1) is 21.8. The normalized spacial score (nSPS) is 13.8. The Hall–Kier alpha value is -3.37. The van der Waals surface area contributed by atoms with Gasteiger partial charge in [0.1, 0.15) is 5.70 Å². The maximum absolute atomic E-state index is 13.6. The van der Waals surface area contributed by atoms with Gasteiger partial charge in [0.25, 0.3) is 11.8 Å². The van der Waals surface area contributed by atoms with E-state index in [0.717, 1.165) is 28.8 Å². The Bertz CT molecular complexity index is 1260. The average Bonchev–Trinajstić information content (AvgIpc) is 3.02. The standard InChI is InChI=1S/C27H25ClN2O2/c1-5-19-8-12-22(13-9-19)29-25-24(20-10-6-16(2)18(4)14-20)26(31)30(27(25)32)23-15-21(28)11-7-17(23)3/h6-15,29H,5H2,1-4H3. The van der Waals surface area contributed by atoms with Crippen molar-refractivity contribution < 1.29 is 9.59 Å². The van der Waals surface area contributed by atoms with E-state index in [1.165, 1.54) is 10.5 Å². The summed E-state index contributed by atoms with van der Waals surface area (Å²) in [6.45, 7) is 7.96. The van der Waals surface area contributed by atoms with Crippen LogP contribution >= 0.6 is 11.6 Å². The number of hydrogen-bond acceptors (Lipinski definition) is 3. The van der Waals surface area contributed by atoms with Crippen molar-refractivity contribution >= 4 is 40.4 Å². The molecule has 3 aromatic rings. The Labute approximate surface area is 193 Å². The van der Waals surface area contributed by atoms with Crippen LogP contribution in [0.1, 0.15) is 34.7 Å². The van der Waals surface area contributed by atoms with Gasteiger partial charge < -0.3 is 5.32 Å². The third-order valence-electron chi connectivity index (χ3n) is 5.92. The van der Waals surface area contributed by atoms with E-state index < -0.39 is 5.91 Å². The van der Waals surface area contributed by atoms with Crippen molar-refractivity contribution in [1.29, 1.82) is 0 Å². The summed E-state index contributed by atoms with van der Waals surface area (Å²) >= 11 is 6.20. The molecule has 0 atom stereocenters. The molecule has 1 N–H and O–H groups in total. The molecular formula is C27H25ClN2O2. The minimum Gasteiger partial charge on any atom is -0.350 e. The topological polar surface area (TPSA) is 49.4 Å². The van der Waals surface area contributed by atoms with Gasteiger partial charge in [-0.2, -0.15) is 0 Å². The number of carbonyl (C=O) groups excluding carboxylic acids is 2. The maximum atomic E-state index is 13.6. The Kier molecular flexibility index (Phi) is 5.90. The van der Waals surface area contributed by atoms with Crippen LogP contribution in [0.3, 0.4) is 0 Å². The van der Waals surface area contributed by atoms with E-state index in [1.54, 1.807) is 12.1 Å². The van der Waals surface area contributed by atoms with Gasteiger partial charge in [0, 0.05) is 10.7 Å². The molecule has 32 heavy (non-hydrogen) atoms. The van der Waals surface area contributed by atoms with E-state index in [4.69, 9.17) is 11.6 Å². The van der Waals surface area contributed by atoms with Crippen LogP contribution in [0.25, 0.3) is 5.57 Å². The van der Waals surface area contributed by atoms with Gasteiger partial charge in [-0.05, 0) is 79.3 Å². The van der Waals surface area contributed by atoms with Crippen LogP contribution in [0.15, 0.2) is 66.4 Å².